The summed E-state index contributed by atoms with van der Waals surface area (Å²) in [7, 11) is 0. The summed E-state index contributed by atoms with van der Waals surface area (Å²) in [4.78, 5) is 5.70. The van der Waals surface area contributed by atoms with E-state index in [4.69, 9.17) is 10.2 Å². The maximum atomic E-state index is 5.74. The van der Waals surface area contributed by atoms with Gasteiger partial charge in [0.2, 0.25) is 0 Å². The van der Waals surface area contributed by atoms with Crippen molar-refractivity contribution in [2.75, 3.05) is 11.1 Å². The van der Waals surface area contributed by atoms with Gasteiger partial charge in [0, 0.05) is 10.6 Å². The summed E-state index contributed by atoms with van der Waals surface area (Å²) in [6.45, 7) is 2.14. The predicted octanol–water partition coefficient (Wildman–Crippen LogP) is 4.03. The fraction of sp³-hybridized carbons (Fsp3) is 0.214. The second kappa shape index (κ2) is 4.93. The molecule has 0 saturated heterocycles. The fourth-order valence-corrected chi connectivity index (χ4v) is 2.88. The average molecular weight is 273 g/mol. The molecule has 3 N–H and O–H groups in total. The quantitative estimate of drug-likeness (QED) is 0.704. The van der Waals surface area contributed by atoms with Crippen LogP contribution in [0, 0.1) is 0 Å². The van der Waals surface area contributed by atoms with Gasteiger partial charge in [-0.25, -0.2) is 0 Å². The van der Waals surface area contributed by atoms with Crippen molar-refractivity contribution in [3.8, 4) is 0 Å². The van der Waals surface area contributed by atoms with Crippen LogP contribution >= 0.6 is 11.3 Å². The summed E-state index contributed by atoms with van der Waals surface area (Å²) in [5, 5.41) is 5.41. The topological polar surface area (TPSA) is 64.1 Å². The Morgan fingerprint density at radius 1 is 1.42 bits per heavy atom. The highest BCUT2D eigenvalue weighted by Gasteiger charge is 2.13. The SMILES string of the molecule is CCC(Nc1nc2cc(N)ccc2o1)c1cccs1. The van der Waals surface area contributed by atoms with Crippen molar-refractivity contribution in [3.05, 3.63) is 40.6 Å². The fourth-order valence-electron chi connectivity index (χ4n) is 2.02. The maximum Gasteiger partial charge on any atom is 0.296 e. The first-order valence-corrected chi connectivity index (χ1v) is 7.10. The number of fused-ring (bicyclic) bond motifs is 1. The van der Waals surface area contributed by atoms with E-state index in [-0.39, 0.29) is 6.04 Å². The number of nitrogens with two attached hydrogens (primary N) is 1. The number of benzene rings is 1. The molecule has 4 nitrogen and oxygen atoms in total. The van der Waals surface area contributed by atoms with Crippen molar-refractivity contribution in [1.82, 2.24) is 4.98 Å². The molecule has 19 heavy (non-hydrogen) atoms. The Labute approximate surface area is 115 Å². The molecule has 0 aliphatic rings. The van der Waals surface area contributed by atoms with Crippen LogP contribution in [0.2, 0.25) is 0 Å². The molecule has 0 amide bonds. The molecular formula is C14H15N3OS. The summed E-state index contributed by atoms with van der Waals surface area (Å²) in [5.41, 5.74) is 7.96. The van der Waals surface area contributed by atoms with Gasteiger partial charge in [-0.2, -0.15) is 4.98 Å². The molecule has 2 heterocycles. The first kappa shape index (κ1) is 12.0. The average Bonchev–Trinajstić information content (AvgIpc) is 3.04. The molecule has 0 aliphatic carbocycles. The minimum absolute atomic E-state index is 0.227. The van der Waals surface area contributed by atoms with Gasteiger partial charge in [-0.3, -0.25) is 0 Å². The Bertz CT molecular complexity index is 675. The van der Waals surface area contributed by atoms with E-state index in [1.165, 1.54) is 4.88 Å². The number of oxazole rings is 1. The number of nitrogens with zero attached hydrogens (tertiary/aromatic N) is 1. The number of hydrogen-bond acceptors (Lipinski definition) is 5. The Morgan fingerprint density at radius 3 is 3.05 bits per heavy atom. The maximum absolute atomic E-state index is 5.74. The highest BCUT2D eigenvalue weighted by atomic mass is 32.1. The highest BCUT2D eigenvalue weighted by molar-refractivity contribution is 7.10. The molecule has 2 aromatic heterocycles. The first-order chi connectivity index (χ1) is 9.26. The number of rotatable bonds is 4. The standard InChI is InChI=1S/C14H15N3OS/c1-2-10(13-4-3-7-19-13)16-14-17-11-8-9(15)5-6-12(11)18-14/h3-8,10H,2,15H2,1H3,(H,16,17). The van der Waals surface area contributed by atoms with Crippen LogP contribution < -0.4 is 11.1 Å². The second-order valence-electron chi connectivity index (χ2n) is 4.37. The highest BCUT2D eigenvalue weighted by Crippen LogP contribution is 2.28. The van der Waals surface area contributed by atoms with Crippen LogP contribution in [-0.4, -0.2) is 4.98 Å². The molecule has 0 fully saturated rings. The molecule has 0 saturated carbocycles. The van der Waals surface area contributed by atoms with Gasteiger partial charge in [-0.05, 0) is 36.1 Å². The van der Waals surface area contributed by atoms with Gasteiger partial charge in [-0.1, -0.05) is 13.0 Å². The number of thiophene rings is 1. The summed E-state index contributed by atoms with van der Waals surface area (Å²) < 4.78 is 5.68. The molecule has 3 aromatic rings. The van der Waals surface area contributed by atoms with E-state index in [1.54, 1.807) is 11.3 Å². The van der Waals surface area contributed by atoms with Crippen molar-refractivity contribution in [2.24, 2.45) is 0 Å². The van der Waals surface area contributed by atoms with Crippen LogP contribution in [-0.2, 0) is 0 Å². The lowest BCUT2D eigenvalue weighted by molar-refractivity contribution is 0.595. The molecule has 5 heteroatoms. The zero-order chi connectivity index (χ0) is 13.2. The Morgan fingerprint density at radius 2 is 2.32 bits per heavy atom. The number of hydrogen-bond donors (Lipinski definition) is 2. The summed E-state index contributed by atoms with van der Waals surface area (Å²) in [6.07, 6.45) is 0.974. The molecule has 0 radical (unpaired) electrons. The molecule has 1 unspecified atom stereocenters. The molecule has 1 atom stereocenters. The van der Waals surface area contributed by atoms with Gasteiger partial charge in [0.05, 0.1) is 6.04 Å². The van der Waals surface area contributed by atoms with Crippen LogP contribution in [0.3, 0.4) is 0 Å². The van der Waals surface area contributed by atoms with Crippen LogP contribution in [0.25, 0.3) is 11.1 Å². The van der Waals surface area contributed by atoms with Crippen molar-refractivity contribution in [1.29, 1.82) is 0 Å². The minimum atomic E-state index is 0.227. The lowest BCUT2D eigenvalue weighted by atomic mass is 10.2. The lowest BCUT2D eigenvalue weighted by Gasteiger charge is -2.13. The van der Waals surface area contributed by atoms with E-state index in [1.807, 2.05) is 18.2 Å². The van der Waals surface area contributed by atoms with E-state index in [9.17, 15) is 0 Å². The van der Waals surface area contributed by atoms with E-state index >= 15 is 0 Å². The van der Waals surface area contributed by atoms with Crippen molar-refractivity contribution < 1.29 is 4.42 Å². The van der Waals surface area contributed by atoms with Crippen molar-refractivity contribution >= 4 is 34.1 Å². The Kier molecular flexibility index (Phi) is 3.13. The second-order valence-corrected chi connectivity index (χ2v) is 5.35. The van der Waals surface area contributed by atoms with Crippen LogP contribution in [0.4, 0.5) is 11.7 Å². The smallest absolute Gasteiger partial charge is 0.296 e. The van der Waals surface area contributed by atoms with Crippen LogP contribution in [0.15, 0.2) is 40.1 Å². The van der Waals surface area contributed by atoms with E-state index in [0.717, 1.165) is 17.5 Å². The number of anilines is 2. The largest absolute Gasteiger partial charge is 0.424 e. The lowest BCUT2D eigenvalue weighted by Crippen LogP contribution is -2.08. The van der Waals surface area contributed by atoms with Gasteiger partial charge in [-0.15, -0.1) is 11.3 Å². The number of nitrogens with one attached hydrogen (secondary N) is 1. The van der Waals surface area contributed by atoms with E-state index < -0.39 is 0 Å². The summed E-state index contributed by atoms with van der Waals surface area (Å²) in [6, 6.07) is 10.4. The molecule has 98 valence electrons. The zero-order valence-corrected chi connectivity index (χ0v) is 11.4. The van der Waals surface area contributed by atoms with Gasteiger partial charge in [0.1, 0.15) is 5.52 Å². The predicted molar refractivity (Wildman–Crippen MR) is 79.4 cm³/mol. The van der Waals surface area contributed by atoms with Gasteiger partial charge in [0.25, 0.3) is 6.01 Å². The first-order valence-electron chi connectivity index (χ1n) is 6.22. The molecule has 0 spiro atoms. The third-order valence-electron chi connectivity index (χ3n) is 3.00. The minimum Gasteiger partial charge on any atom is -0.424 e. The molecule has 1 aromatic carbocycles. The molecule has 0 bridgehead atoms. The van der Waals surface area contributed by atoms with Crippen molar-refractivity contribution in [2.45, 2.75) is 19.4 Å². The summed E-state index contributed by atoms with van der Waals surface area (Å²) >= 11 is 1.73. The van der Waals surface area contributed by atoms with Crippen LogP contribution in [0.5, 0.6) is 0 Å². The van der Waals surface area contributed by atoms with Crippen LogP contribution in [0.1, 0.15) is 24.3 Å². The number of nitrogen functional groups attached to an aromatic ring is 1. The molecule has 3 rings (SSSR count). The zero-order valence-electron chi connectivity index (χ0n) is 10.6. The Balaban J connectivity index is 1.88. The molecule has 0 aliphatic heterocycles. The number of aromatic nitrogens is 1. The summed E-state index contributed by atoms with van der Waals surface area (Å²) in [5.74, 6) is 0. The van der Waals surface area contributed by atoms with Crippen molar-refractivity contribution in [3.63, 3.8) is 0 Å². The van der Waals surface area contributed by atoms with E-state index in [2.05, 4.69) is 34.7 Å². The molecular weight excluding hydrogens is 258 g/mol. The Hall–Kier alpha value is -2.01. The normalized spacial score (nSPS) is 12.7. The van der Waals surface area contributed by atoms with Gasteiger partial charge < -0.3 is 15.5 Å². The van der Waals surface area contributed by atoms with Gasteiger partial charge in [0.15, 0.2) is 5.58 Å². The van der Waals surface area contributed by atoms with E-state index in [0.29, 0.717) is 11.7 Å². The van der Waals surface area contributed by atoms with Gasteiger partial charge >= 0.3 is 0 Å². The monoisotopic (exact) mass is 273 g/mol. The third kappa shape index (κ3) is 2.42. The third-order valence-corrected chi connectivity index (χ3v) is 3.99.